The predicted molar refractivity (Wildman–Crippen MR) is 79.5 cm³/mol. The van der Waals surface area contributed by atoms with Gasteiger partial charge in [0.15, 0.2) is 0 Å². The third-order valence-corrected chi connectivity index (χ3v) is 4.56. The van der Waals surface area contributed by atoms with Crippen molar-refractivity contribution in [2.24, 2.45) is 5.92 Å². The Hall–Kier alpha value is -1.62. The van der Waals surface area contributed by atoms with Gasteiger partial charge >= 0.3 is 5.97 Å². The maximum atomic E-state index is 11.2. The van der Waals surface area contributed by atoms with Crippen molar-refractivity contribution in [2.45, 2.75) is 26.3 Å². The molecule has 0 fully saturated rings. The van der Waals surface area contributed by atoms with E-state index in [1.807, 2.05) is 31.2 Å². The Morgan fingerprint density at radius 3 is 2.90 bits per heavy atom. The summed E-state index contributed by atoms with van der Waals surface area (Å²) in [6.07, 6.45) is 1.47. The van der Waals surface area contributed by atoms with Gasteiger partial charge in [0.05, 0.1) is 11.6 Å². The number of carbonyl (C=O) groups is 1. The molecule has 1 atom stereocenters. The first-order valence-corrected chi connectivity index (χ1v) is 7.41. The maximum absolute atomic E-state index is 11.2. The third kappa shape index (κ3) is 2.16. The fourth-order valence-electron chi connectivity index (χ4n) is 2.79. The standard InChI is InChI=1S/C15H15BrN2O2/c1-9-13-7-6-10(15(19)20)8-18(13)14(17-9)11-4-2-3-5-12(11)16/h2-5,10H,6-8H2,1H3,(H,19,20). The molecule has 1 aromatic heterocycles. The molecule has 3 rings (SSSR count). The molecule has 1 N–H and O–H groups in total. The Kier molecular flexibility index (Phi) is 3.38. The number of halogens is 1. The number of benzene rings is 1. The average Bonchev–Trinajstić information content (AvgIpc) is 2.76. The number of aryl methyl sites for hydroxylation is 1. The van der Waals surface area contributed by atoms with Crippen molar-refractivity contribution in [3.05, 3.63) is 40.1 Å². The first kappa shape index (κ1) is 13.4. The minimum atomic E-state index is -0.722. The number of imidazole rings is 1. The fourth-order valence-corrected chi connectivity index (χ4v) is 3.25. The SMILES string of the molecule is Cc1nc(-c2ccccc2Br)n2c1CCC(C(=O)O)C2. The van der Waals surface area contributed by atoms with E-state index in [4.69, 9.17) is 0 Å². The van der Waals surface area contributed by atoms with E-state index in [0.29, 0.717) is 13.0 Å². The summed E-state index contributed by atoms with van der Waals surface area (Å²) in [6.45, 7) is 2.50. The van der Waals surface area contributed by atoms with Gasteiger partial charge in [0.1, 0.15) is 5.82 Å². The molecular formula is C15H15BrN2O2. The van der Waals surface area contributed by atoms with Crippen LogP contribution in [0.25, 0.3) is 11.4 Å². The Morgan fingerprint density at radius 2 is 2.20 bits per heavy atom. The number of fused-ring (bicyclic) bond motifs is 1. The van der Waals surface area contributed by atoms with Gasteiger partial charge in [-0.1, -0.05) is 34.1 Å². The zero-order chi connectivity index (χ0) is 14.3. The van der Waals surface area contributed by atoms with E-state index in [1.165, 1.54) is 0 Å². The van der Waals surface area contributed by atoms with E-state index in [2.05, 4.69) is 25.5 Å². The second-order valence-corrected chi connectivity index (χ2v) is 5.99. The molecule has 0 radical (unpaired) electrons. The van der Waals surface area contributed by atoms with Gasteiger partial charge in [-0.25, -0.2) is 4.98 Å². The van der Waals surface area contributed by atoms with Gasteiger partial charge in [0.2, 0.25) is 0 Å². The summed E-state index contributed by atoms with van der Waals surface area (Å²) in [5, 5.41) is 9.24. The van der Waals surface area contributed by atoms with Crippen molar-refractivity contribution in [1.29, 1.82) is 0 Å². The van der Waals surface area contributed by atoms with E-state index in [-0.39, 0.29) is 5.92 Å². The van der Waals surface area contributed by atoms with Crippen molar-refractivity contribution in [1.82, 2.24) is 9.55 Å². The maximum Gasteiger partial charge on any atom is 0.308 e. The van der Waals surface area contributed by atoms with E-state index in [1.54, 1.807) is 0 Å². The third-order valence-electron chi connectivity index (χ3n) is 3.87. The second-order valence-electron chi connectivity index (χ2n) is 5.13. The number of nitrogens with zero attached hydrogens (tertiary/aromatic N) is 2. The zero-order valence-electron chi connectivity index (χ0n) is 11.1. The van der Waals surface area contributed by atoms with Crippen LogP contribution in [0.15, 0.2) is 28.7 Å². The van der Waals surface area contributed by atoms with Gasteiger partial charge < -0.3 is 9.67 Å². The number of hydrogen-bond donors (Lipinski definition) is 1. The summed E-state index contributed by atoms with van der Waals surface area (Å²) < 4.78 is 3.04. The first-order chi connectivity index (χ1) is 9.58. The lowest BCUT2D eigenvalue weighted by Gasteiger charge is -2.23. The van der Waals surface area contributed by atoms with Crippen LogP contribution in [0.4, 0.5) is 0 Å². The second kappa shape index (κ2) is 5.05. The van der Waals surface area contributed by atoms with Gasteiger partial charge in [-0.3, -0.25) is 4.79 Å². The Balaban J connectivity index is 2.11. The Bertz CT molecular complexity index is 679. The number of hydrogen-bond acceptors (Lipinski definition) is 2. The molecule has 0 amide bonds. The van der Waals surface area contributed by atoms with Crippen LogP contribution in [0.5, 0.6) is 0 Å². The molecule has 2 heterocycles. The number of aliphatic carboxylic acids is 1. The molecule has 0 bridgehead atoms. The molecule has 4 nitrogen and oxygen atoms in total. The molecule has 20 heavy (non-hydrogen) atoms. The largest absolute Gasteiger partial charge is 0.481 e. The van der Waals surface area contributed by atoms with Crippen molar-refractivity contribution in [3.8, 4) is 11.4 Å². The van der Waals surface area contributed by atoms with Gasteiger partial charge in [0, 0.05) is 22.3 Å². The Morgan fingerprint density at radius 1 is 1.45 bits per heavy atom. The van der Waals surface area contributed by atoms with Crippen LogP contribution in [0.3, 0.4) is 0 Å². The van der Waals surface area contributed by atoms with Crippen LogP contribution >= 0.6 is 15.9 Å². The van der Waals surface area contributed by atoms with Gasteiger partial charge in [-0.15, -0.1) is 0 Å². The monoisotopic (exact) mass is 334 g/mol. The molecule has 1 aromatic carbocycles. The van der Waals surface area contributed by atoms with E-state index < -0.39 is 5.97 Å². The fraction of sp³-hybridized carbons (Fsp3) is 0.333. The minimum absolute atomic E-state index is 0.322. The number of carboxylic acid groups (broad SMARTS) is 1. The topological polar surface area (TPSA) is 55.1 Å². The van der Waals surface area contributed by atoms with Crippen LogP contribution in [0, 0.1) is 12.8 Å². The summed E-state index contributed by atoms with van der Waals surface area (Å²) in [7, 11) is 0. The van der Waals surface area contributed by atoms with Gasteiger partial charge in [-0.2, -0.15) is 0 Å². The lowest BCUT2D eigenvalue weighted by atomic mass is 9.97. The molecule has 0 saturated heterocycles. The average molecular weight is 335 g/mol. The number of carboxylic acids is 1. The minimum Gasteiger partial charge on any atom is -0.481 e. The van der Waals surface area contributed by atoms with Crippen molar-refractivity contribution in [2.75, 3.05) is 0 Å². The Labute approximate surface area is 125 Å². The smallest absolute Gasteiger partial charge is 0.308 e. The first-order valence-electron chi connectivity index (χ1n) is 6.61. The molecule has 1 aliphatic rings. The van der Waals surface area contributed by atoms with Crippen molar-refractivity contribution >= 4 is 21.9 Å². The van der Waals surface area contributed by atoms with E-state index in [9.17, 15) is 9.90 Å². The summed E-state index contributed by atoms with van der Waals surface area (Å²) >= 11 is 3.54. The van der Waals surface area contributed by atoms with Crippen LogP contribution in [-0.4, -0.2) is 20.6 Å². The molecule has 2 aromatic rings. The zero-order valence-corrected chi connectivity index (χ0v) is 12.7. The van der Waals surface area contributed by atoms with E-state index in [0.717, 1.165) is 33.7 Å². The lowest BCUT2D eigenvalue weighted by molar-refractivity contribution is -0.142. The highest BCUT2D eigenvalue weighted by molar-refractivity contribution is 9.10. The van der Waals surface area contributed by atoms with Crippen LogP contribution < -0.4 is 0 Å². The summed E-state index contributed by atoms with van der Waals surface area (Å²) in [4.78, 5) is 15.9. The highest BCUT2D eigenvalue weighted by Gasteiger charge is 2.28. The molecule has 0 saturated carbocycles. The molecule has 0 aliphatic carbocycles. The van der Waals surface area contributed by atoms with Crippen LogP contribution in [0.2, 0.25) is 0 Å². The summed E-state index contributed by atoms with van der Waals surface area (Å²) in [6, 6.07) is 7.91. The lowest BCUT2D eigenvalue weighted by Crippen LogP contribution is -2.27. The molecular weight excluding hydrogens is 320 g/mol. The summed E-state index contributed by atoms with van der Waals surface area (Å²) in [5.41, 5.74) is 3.17. The van der Waals surface area contributed by atoms with Gasteiger partial charge in [0.25, 0.3) is 0 Å². The van der Waals surface area contributed by atoms with Crippen LogP contribution in [-0.2, 0) is 17.8 Å². The molecule has 1 unspecified atom stereocenters. The highest BCUT2D eigenvalue weighted by atomic mass is 79.9. The number of rotatable bonds is 2. The number of aromatic nitrogens is 2. The van der Waals surface area contributed by atoms with Crippen molar-refractivity contribution < 1.29 is 9.90 Å². The molecule has 5 heteroatoms. The van der Waals surface area contributed by atoms with Crippen LogP contribution in [0.1, 0.15) is 17.8 Å². The van der Waals surface area contributed by atoms with E-state index >= 15 is 0 Å². The molecule has 104 valence electrons. The van der Waals surface area contributed by atoms with Gasteiger partial charge in [-0.05, 0) is 25.8 Å². The normalized spacial score (nSPS) is 17.8. The quantitative estimate of drug-likeness (QED) is 0.916. The predicted octanol–water partition coefficient (Wildman–Crippen LogP) is 3.27. The summed E-state index contributed by atoms with van der Waals surface area (Å²) in [5.74, 6) is -0.187. The van der Waals surface area contributed by atoms with Crippen molar-refractivity contribution in [3.63, 3.8) is 0 Å². The molecule has 0 spiro atoms. The molecule has 1 aliphatic heterocycles. The highest BCUT2D eigenvalue weighted by Crippen LogP contribution is 2.33.